The van der Waals surface area contributed by atoms with Crippen LogP contribution in [-0.4, -0.2) is 53.5 Å². The summed E-state index contributed by atoms with van der Waals surface area (Å²) in [5, 5.41) is 22.3. The van der Waals surface area contributed by atoms with Crippen molar-refractivity contribution in [2.75, 3.05) is 12.3 Å². The van der Waals surface area contributed by atoms with Crippen LogP contribution in [0.25, 0.3) is 10.8 Å². The topological polar surface area (TPSA) is 116 Å². The molecule has 12 heteroatoms. The molecule has 4 aromatic heterocycles. The van der Waals surface area contributed by atoms with Crippen molar-refractivity contribution in [3.8, 4) is 10.8 Å². The second-order valence-electron chi connectivity index (χ2n) is 6.28. The first kappa shape index (κ1) is 20.3. The van der Waals surface area contributed by atoms with Crippen LogP contribution >= 0.6 is 23.1 Å². The van der Waals surface area contributed by atoms with Gasteiger partial charge in [0.25, 0.3) is 5.89 Å². The van der Waals surface area contributed by atoms with Crippen molar-refractivity contribution in [3.05, 3.63) is 47.6 Å². The van der Waals surface area contributed by atoms with Crippen molar-refractivity contribution < 1.29 is 13.6 Å². The van der Waals surface area contributed by atoms with Crippen LogP contribution in [0.4, 0.5) is 0 Å². The van der Waals surface area contributed by atoms with Crippen LogP contribution in [0, 0.1) is 0 Å². The van der Waals surface area contributed by atoms with Gasteiger partial charge in [0.05, 0.1) is 23.4 Å². The zero-order chi connectivity index (χ0) is 20.8. The first-order valence-electron chi connectivity index (χ1n) is 9.28. The summed E-state index contributed by atoms with van der Waals surface area (Å²) in [5.41, 5.74) is 0. The lowest BCUT2D eigenvalue weighted by Gasteiger charge is -2.19. The molecule has 0 fully saturated rings. The van der Waals surface area contributed by atoms with Crippen LogP contribution in [0.15, 0.2) is 49.9 Å². The lowest BCUT2D eigenvalue weighted by Crippen LogP contribution is -2.33. The zero-order valence-electron chi connectivity index (χ0n) is 16.2. The van der Waals surface area contributed by atoms with E-state index in [1.165, 1.54) is 23.1 Å². The molecule has 0 unspecified atom stereocenters. The highest BCUT2D eigenvalue weighted by molar-refractivity contribution is 7.99. The summed E-state index contributed by atoms with van der Waals surface area (Å²) >= 11 is 2.81. The van der Waals surface area contributed by atoms with Gasteiger partial charge in [0.1, 0.15) is 12.3 Å². The molecule has 30 heavy (non-hydrogen) atoms. The number of rotatable bonds is 10. The Balaban J connectivity index is 1.37. The fourth-order valence-electron chi connectivity index (χ4n) is 2.71. The number of hydrogen-bond donors (Lipinski definition) is 0. The molecule has 0 spiro atoms. The molecule has 0 atom stereocenters. The number of aromatic nitrogens is 6. The molecule has 0 bridgehead atoms. The van der Waals surface area contributed by atoms with E-state index in [1.807, 2.05) is 30.5 Å². The van der Waals surface area contributed by atoms with Crippen LogP contribution in [0.2, 0.25) is 0 Å². The van der Waals surface area contributed by atoms with Gasteiger partial charge in [0.15, 0.2) is 0 Å². The maximum Gasteiger partial charge on any atom is 0.257 e. The molecular weight excluding hydrogens is 426 g/mol. The minimum absolute atomic E-state index is 0.0507. The summed E-state index contributed by atoms with van der Waals surface area (Å²) in [4.78, 5) is 15.4. The largest absolute Gasteiger partial charge is 0.467 e. The molecule has 0 aliphatic carbocycles. The maximum atomic E-state index is 12.8. The lowest BCUT2D eigenvalue weighted by molar-refractivity contribution is -0.129. The predicted molar refractivity (Wildman–Crippen MR) is 110 cm³/mol. The van der Waals surface area contributed by atoms with Crippen LogP contribution in [0.5, 0.6) is 0 Å². The summed E-state index contributed by atoms with van der Waals surface area (Å²) < 4.78 is 12.7. The van der Waals surface area contributed by atoms with Gasteiger partial charge in [-0.15, -0.1) is 26.6 Å². The molecule has 4 heterocycles. The minimum atomic E-state index is -0.0507. The minimum Gasteiger partial charge on any atom is -0.467 e. The van der Waals surface area contributed by atoms with Crippen LogP contribution in [0.1, 0.15) is 25.0 Å². The predicted octanol–water partition coefficient (Wildman–Crippen LogP) is 2.96. The van der Waals surface area contributed by atoms with Crippen molar-refractivity contribution in [3.63, 3.8) is 0 Å². The number of thioether (sulfide) groups is 1. The van der Waals surface area contributed by atoms with E-state index in [1.54, 1.807) is 21.9 Å². The van der Waals surface area contributed by atoms with Gasteiger partial charge in [-0.1, -0.05) is 24.8 Å². The maximum absolute atomic E-state index is 12.8. The highest BCUT2D eigenvalue weighted by Gasteiger charge is 2.19. The standard InChI is InChI=1S/C18H19N7O3S2/c1-2-7-24(11-15-19-20-17(28-15)14-6-4-9-29-14)16(26)12-30-18-21-22-23-25(18)10-13-5-3-8-27-13/h3-6,8-9H,2,7,10-12H2,1H3. The highest BCUT2D eigenvalue weighted by Crippen LogP contribution is 2.23. The number of carbonyl (C=O) groups is 1. The molecule has 0 radical (unpaired) electrons. The smallest absolute Gasteiger partial charge is 0.257 e. The van der Waals surface area contributed by atoms with E-state index in [2.05, 4.69) is 25.7 Å². The van der Waals surface area contributed by atoms with Crippen LogP contribution in [0.3, 0.4) is 0 Å². The molecule has 0 aliphatic rings. The Morgan fingerprint density at radius 1 is 1.27 bits per heavy atom. The number of amides is 1. The third-order valence-corrected chi connectivity index (χ3v) is 5.88. The summed E-state index contributed by atoms with van der Waals surface area (Å²) in [6.45, 7) is 3.28. The summed E-state index contributed by atoms with van der Waals surface area (Å²) in [7, 11) is 0. The molecule has 0 saturated carbocycles. The third-order valence-electron chi connectivity index (χ3n) is 4.08. The molecule has 156 valence electrons. The molecule has 0 N–H and O–H groups in total. The quantitative estimate of drug-likeness (QED) is 0.340. The van der Waals surface area contributed by atoms with E-state index in [0.29, 0.717) is 30.0 Å². The average molecular weight is 446 g/mol. The Bertz CT molecular complexity index is 1060. The Morgan fingerprint density at radius 3 is 2.97 bits per heavy atom. The van der Waals surface area contributed by atoms with E-state index in [-0.39, 0.29) is 18.2 Å². The van der Waals surface area contributed by atoms with Gasteiger partial charge in [0.2, 0.25) is 17.0 Å². The normalized spacial score (nSPS) is 11.1. The van der Waals surface area contributed by atoms with Gasteiger partial charge < -0.3 is 13.7 Å². The number of tetrazole rings is 1. The van der Waals surface area contributed by atoms with Gasteiger partial charge >= 0.3 is 0 Å². The monoisotopic (exact) mass is 445 g/mol. The van der Waals surface area contributed by atoms with Crippen LogP contribution < -0.4 is 0 Å². The van der Waals surface area contributed by atoms with Gasteiger partial charge in [-0.3, -0.25) is 4.79 Å². The van der Waals surface area contributed by atoms with E-state index in [9.17, 15) is 4.79 Å². The van der Waals surface area contributed by atoms with E-state index in [0.717, 1.165) is 17.1 Å². The lowest BCUT2D eigenvalue weighted by atomic mass is 10.4. The SMILES string of the molecule is CCCN(Cc1nnc(-c2cccs2)o1)C(=O)CSc1nnnn1Cc1ccco1. The van der Waals surface area contributed by atoms with Gasteiger partial charge in [-0.2, -0.15) is 0 Å². The molecule has 10 nitrogen and oxygen atoms in total. The average Bonchev–Trinajstić information content (AvgIpc) is 3.54. The molecule has 4 rings (SSSR count). The van der Waals surface area contributed by atoms with Crippen molar-refractivity contribution in [2.45, 2.75) is 31.6 Å². The zero-order valence-corrected chi connectivity index (χ0v) is 17.8. The summed E-state index contributed by atoms with van der Waals surface area (Å²) in [5.74, 6) is 1.76. The third kappa shape index (κ3) is 4.94. The summed E-state index contributed by atoms with van der Waals surface area (Å²) in [6, 6.07) is 7.49. The Labute approximate surface area is 180 Å². The second-order valence-corrected chi connectivity index (χ2v) is 8.17. The van der Waals surface area contributed by atoms with Crippen LogP contribution in [-0.2, 0) is 17.9 Å². The van der Waals surface area contributed by atoms with E-state index in [4.69, 9.17) is 8.83 Å². The van der Waals surface area contributed by atoms with Gasteiger partial charge in [0, 0.05) is 6.54 Å². The first-order valence-corrected chi connectivity index (χ1v) is 11.1. The molecule has 0 aromatic carbocycles. The number of nitrogens with zero attached hydrogens (tertiary/aromatic N) is 7. The van der Waals surface area contributed by atoms with E-state index < -0.39 is 0 Å². The van der Waals surface area contributed by atoms with Gasteiger partial charge in [-0.05, 0) is 40.4 Å². The molecule has 4 aromatic rings. The fourth-order valence-corrected chi connectivity index (χ4v) is 4.13. The van der Waals surface area contributed by atoms with E-state index >= 15 is 0 Å². The van der Waals surface area contributed by atoms with Crippen molar-refractivity contribution >= 4 is 29.0 Å². The van der Waals surface area contributed by atoms with Crippen molar-refractivity contribution in [2.24, 2.45) is 0 Å². The van der Waals surface area contributed by atoms with Crippen molar-refractivity contribution in [1.29, 1.82) is 0 Å². The highest BCUT2D eigenvalue weighted by atomic mass is 32.2. The Kier molecular flexibility index (Phi) is 6.54. The number of thiophene rings is 1. The second kappa shape index (κ2) is 9.67. The van der Waals surface area contributed by atoms with Gasteiger partial charge in [-0.25, -0.2) is 4.68 Å². The van der Waals surface area contributed by atoms with Crippen molar-refractivity contribution in [1.82, 2.24) is 35.3 Å². The Morgan fingerprint density at radius 2 is 2.20 bits per heavy atom. The Hall–Kier alpha value is -2.99. The molecule has 1 amide bonds. The summed E-state index contributed by atoms with van der Waals surface area (Å²) in [6.07, 6.45) is 2.42. The number of carbonyl (C=O) groups excluding carboxylic acids is 1. The number of furan rings is 1. The number of hydrogen-bond acceptors (Lipinski definition) is 10. The molecule has 0 aliphatic heterocycles. The fraction of sp³-hybridized carbons (Fsp3) is 0.333. The first-order chi connectivity index (χ1) is 14.7. The molecular formula is C18H19N7O3S2. The molecule has 0 saturated heterocycles.